The summed E-state index contributed by atoms with van der Waals surface area (Å²) in [6.07, 6.45) is 1.50. The van der Waals surface area contributed by atoms with E-state index in [0.29, 0.717) is 24.8 Å². The number of nitrogens with one attached hydrogen (secondary N) is 1. The highest BCUT2D eigenvalue weighted by Crippen LogP contribution is 2.24. The molecule has 1 aromatic carbocycles. The van der Waals surface area contributed by atoms with E-state index >= 15 is 0 Å². The molecule has 1 N–H and O–H groups in total. The van der Waals surface area contributed by atoms with Gasteiger partial charge in [-0.1, -0.05) is 12.1 Å². The highest BCUT2D eigenvalue weighted by Gasteiger charge is 2.29. The Morgan fingerprint density at radius 1 is 1.48 bits per heavy atom. The van der Waals surface area contributed by atoms with Crippen LogP contribution in [0.4, 0.5) is 9.52 Å². The maximum Gasteiger partial charge on any atom is 0.243 e. The normalized spacial score (nSPS) is 20.2. The van der Waals surface area contributed by atoms with Gasteiger partial charge >= 0.3 is 0 Å². The molecule has 1 aromatic heterocycles. The number of carbonyl (C=O) groups excluding carboxylic acids is 1. The first-order valence-corrected chi connectivity index (χ1v) is 8.33. The van der Waals surface area contributed by atoms with Crippen molar-refractivity contribution < 1.29 is 13.9 Å². The highest BCUT2D eigenvalue weighted by molar-refractivity contribution is 7.13. The molecule has 2 heterocycles. The second-order valence-corrected chi connectivity index (χ2v) is 6.30. The molecule has 122 valence electrons. The van der Waals surface area contributed by atoms with Crippen molar-refractivity contribution in [2.75, 3.05) is 25.0 Å². The molecule has 1 aliphatic rings. The zero-order valence-electron chi connectivity index (χ0n) is 12.7. The first-order chi connectivity index (χ1) is 11.1. The molecule has 0 spiro atoms. The topological polar surface area (TPSA) is 54.5 Å². The number of ether oxygens (including phenoxy) is 1. The molecule has 7 heteroatoms. The van der Waals surface area contributed by atoms with Gasteiger partial charge in [-0.15, -0.1) is 11.3 Å². The van der Waals surface area contributed by atoms with Crippen LogP contribution in [0.1, 0.15) is 18.6 Å². The smallest absolute Gasteiger partial charge is 0.243 e. The SMILES string of the molecule is C[C@@H](C(=O)Nc1nccs1)N1CCO[C@H](c2ccc(F)cc2)C1. The third-order valence-electron chi connectivity index (χ3n) is 3.93. The number of morpholine rings is 1. The van der Waals surface area contributed by atoms with Crippen molar-refractivity contribution in [3.8, 4) is 0 Å². The van der Waals surface area contributed by atoms with Crippen LogP contribution in [-0.4, -0.2) is 41.5 Å². The molecule has 5 nitrogen and oxygen atoms in total. The van der Waals surface area contributed by atoms with E-state index in [-0.39, 0.29) is 23.9 Å². The van der Waals surface area contributed by atoms with Crippen LogP contribution in [0, 0.1) is 5.82 Å². The van der Waals surface area contributed by atoms with Gasteiger partial charge in [0.1, 0.15) is 5.82 Å². The lowest BCUT2D eigenvalue weighted by molar-refractivity contribution is -0.124. The molecule has 0 unspecified atom stereocenters. The Morgan fingerprint density at radius 3 is 2.96 bits per heavy atom. The fourth-order valence-corrected chi connectivity index (χ4v) is 3.09. The Labute approximate surface area is 138 Å². The van der Waals surface area contributed by atoms with Gasteiger partial charge in [-0.05, 0) is 24.6 Å². The number of hydrogen-bond donors (Lipinski definition) is 1. The van der Waals surface area contributed by atoms with E-state index in [1.54, 1.807) is 18.3 Å². The predicted molar refractivity (Wildman–Crippen MR) is 86.9 cm³/mol. The van der Waals surface area contributed by atoms with Crippen molar-refractivity contribution in [1.82, 2.24) is 9.88 Å². The number of nitrogens with zero attached hydrogens (tertiary/aromatic N) is 2. The minimum Gasteiger partial charge on any atom is -0.371 e. The summed E-state index contributed by atoms with van der Waals surface area (Å²) < 4.78 is 18.8. The summed E-state index contributed by atoms with van der Waals surface area (Å²) in [5, 5.41) is 5.24. The van der Waals surface area contributed by atoms with Gasteiger partial charge in [0.2, 0.25) is 5.91 Å². The van der Waals surface area contributed by atoms with Crippen LogP contribution >= 0.6 is 11.3 Å². The third kappa shape index (κ3) is 3.93. The minimum absolute atomic E-state index is 0.0836. The molecule has 1 amide bonds. The van der Waals surface area contributed by atoms with Gasteiger partial charge < -0.3 is 10.1 Å². The van der Waals surface area contributed by atoms with Gasteiger partial charge in [-0.25, -0.2) is 9.37 Å². The minimum atomic E-state index is -0.286. The molecule has 3 rings (SSSR count). The van der Waals surface area contributed by atoms with Crippen LogP contribution in [0.25, 0.3) is 0 Å². The second-order valence-electron chi connectivity index (χ2n) is 5.41. The number of anilines is 1. The van der Waals surface area contributed by atoms with Crippen molar-refractivity contribution in [3.63, 3.8) is 0 Å². The number of thiazole rings is 1. The van der Waals surface area contributed by atoms with Gasteiger partial charge in [-0.3, -0.25) is 9.69 Å². The van der Waals surface area contributed by atoms with E-state index < -0.39 is 0 Å². The molecule has 2 atom stereocenters. The van der Waals surface area contributed by atoms with Crippen LogP contribution in [0.2, 0.25) is 0 Å². The highest BCUT2D eigenvalue weighted by atomic mass is 32.1. The summed E-state index contributed by atoms with van der Waals surface area (Å²) in [5.74, 6) is -0.350. The monoisotopic (exact) mass is 335 g/mol. The van der Waals surface area contributed by atoms with E-state index in [1.165, 1.54) is 23.5 Å². The second kappa shape index (κ2) is 7.16. The average molecular weight is 335 g/mol. The molecule has 1 aliphatic heterocycles. The standard InChI is InChI=1S/C16H18FN3O2S/c1-11(15(21)19-16-18-6-9-23-16)20-7-8-22-14(10-20)12-2-4-13(17)5-3-12/h2-6,9,11,14H,7-8,10H2,1H3,(H,18,19,21)/t11-,14-/m0/s1. The number of amides is 1. The maximum atomic E-state index is 13.0. The third-order valence-corrected chi connectivity index (χ3v) is 4.62. The van der Waals surface area contributed by atoms with Crippen LogP contribution in [-0.2, 0) is 9.53 Å². The Hall–Kier alpha value is -1.83. The number of rotatable bonds is 4. The lowest BCUT2D eigenvalue weighted by Gasteiger charge is -2.36. The van der Waals surface area contributed by atoms with Gasteiger partial charge in [-0.2, -0.15) is 0 Å². The van der Waals surface area contributed by atoms with E-state index in [9.17, 15) is 9.18 Å². The molecule has 1 fully saturated rings. The molecule has 23 heavy (non-hydrogen) atoms. The summed E-state index contributed by atoms with van der Waals surface area (Å²) in [5.41, 5.74) is 0.920. The largest absolute Gasteiger partial charge is 0.371 e. The summed E-state index contributed by atoms with van der Waals surface area (Å²) >= 11 is 1.39. The van der Waals surface area contributed by atoms with Crippen LogP contribution in [0.3, 0.4) is 0 Å². The predicted octanol–water partition coefficient (Wildman–Crippen LogP) is 2.68. The Kier molecular flexibility index (Phi) is 5.00. The zero-order chi connectivity index (χ0) is 16.2. The summed E-state index contributed by atoms with van der Waals surface area (Å²) in [7, 11) is 0. The summed E-state index contributed by atoms with van der Waals surface area (Å²) in [4.78, 5) is 18.5. The van der Waals surface area contributed by atoms with Crippen molar-refractivity contribution in [3.05, 3.63) is 47.2 Å². The van der Waals surface area contributed by atoms with Gasteiger partial charge in [0, 0.05) is 24.7 Å². The van der Waals surface area contributed by atoms with Crippen LogP contribution in [0.15, 0.2) is 35.8 Å². The van der Waals surface area contributed by atoms with Crippen LogP contribution in [0.5, 0.6) is 0 Å². The molecule has 0 saturated carbocycles. The lowest BCUT2D eigenvalue weighted by atomic mass is 10.1. The van der Waals surface area contributed by atoms with Gasteiger partial charge in [0.15, 0.2) is 5.13 Å². The van der Waals surface area contributed by atoms with Gasteiger partial charge in [0.25, 0.3) is 0 Å². The van der Waals surface area contributed by atoms with Gasteiger partial charge in [0.05, 0.1) is 18.8 Å². The number of aromatic nitrogens is 1. The molecular formula is C16H18FN3O2S. The summed E-state index contributed by atoms with van der Waals surface area (Å²) in [6, 6.07) is 6.02. The Balaban J connectivity index is 1.63. The Morgan fingerprint density at radius 2 is 2.26 bits per heavy atom. The van der Waals surface area contributed by atoms with E-state index in [2.05, 4.69) is 15.2 Å². The zero-order valence-corrected chi connectivity index (χ0v) is 13.6. The van der Waals surface area contributed by atoms with E-state index in [0.717, 1.165) is 5.56 Å². The fourth-order valence-electron chi connectivity index (χ4n) is 2.56. The van der Waals surface area contributed by atoms with Crippen molar-refractivity contribution in [2.45, 2.75) is 19.1 Å². The number of benzene rings is 1. The molecule has 0 aliphatic carbocycles. The molecular weight excluding hydrogens is 317 g/mol. The number of halogens is 1. The number of hydrogen-bond acceptors (Lipinski definition) is 5. The van der Waals surface area contributed by atoms with E-state index in [4.69, 9.17) is 4.74 Å². The molecule has 2 aromatic rings. The Bertz CT molecular complexity index is 648. The molecule has 0 radical (unpaired) electrons. The van der Waals surface area contributed by atoms with Crippen LogP contribution < -0.4 is 5.32 Å². The fraction of sp³-hybridized carbons (Fsp3) is 0.375. The quantitative estimate of drug-likeness (QED) is 0.933. The lowest BCUT2D eigenvalue weighted by Crippen LogP contribution is -2.48. The van der Waals surface area contributed by atoms with Crippen molar-refractivity contribution in [1.29, 1.82) is 0 Å². The maximum absolute atomic E-state index is 13.0. The number of carbonyl (C=O) groups is 1. The van der Waals surface area contributed by atoms with Crippen molar-refractivity contribution >= 4 is 22.4 Å². The first kappa shape index (κ1) is 16.0. The molecule has 0 bridgehead atoms. The first-order valence-electron chi connectivity index (χ1n) is 7.45. The molecule has 1 saturated heterocycles. The van der Waals surface area contributed by atoms with E-state index in [1.807, 2.05) is 12.3 Å². The van der Waals surface area contributed by atoms with Crippen molar-refractivity contribution in [2.24, 2.45) is 0 Å². The summed E-state index contributed by atoms with van der Waals surface area (Å²) in [6.45, 7) is 3.69. The average Bonchev–Trinajstić information content (AvgIpc) is 3.08.